The number of nitrogens with one attached hydrogen (secondary N) is 1. The molecule has 4 nitrogen and oxygen atoms in total. The summed E-state index contributed by atoms with van der Waals surface area (Å²) in [4.78, 5) is 8.60. The zero-order valence-electron chi connectivity index (χ0n) is 12.6. The molecule has 0 aliphatic carbocycles. The van der Waals surface area contributed by atoms with Crippen molar-refractivity contribution in [2.75, 3.05) is 13.1 Å². The van der Waals surface area contributed by atoms with Crippen molar-refractivity contribution in [2.45, 2.75) is 51.9 Å². The molecule has 0 bridgehead atoms. The van der Waals surface area contributed by atoms with Crippen LogP contribution in [0.5, 0.6) is 0 Å². The normalized spacial score (nSPS) is 11.6. The van der Waals surface area contributed by atoms with Crippen LogP contribution in [0.25, 0.3) is 0 Å². The molecule has 0 fully saturated rings. The third-order valence-electron chi connectivity index (χ3n) is 3.21. The molecule has 0 amide bonds. The van der Waals surface area contributed by atoms with Gasteiger partial charge >= 0.3 is 0 Å². The van der Waals surface area contributed by atoms with E-state index in [2.05, 4.69) is 22.2 Å². The van der Waals surface area contributed by atoms with Gasteiger partial charge in [0.2, 0.25) is 0 Å². The summed E-state index contributed by atoms with van der Waals surface area (Å²) < 4.78 is 0. The highest BCUT2D eigenvalue weighted by Crippen LogP contribution is 2.04. The Morgan fingerprint density at radius 3 is 2.75 bits per heavy atom. The summed E-state index contributed by atoms with van der Waals surface area (Å²) in [5.41, 5.74) is 6.89. The van der Waals surface area contributed by atoms with Crippen molar-refractivity contribution in [1.29, 1.82) is 0 Å². The lowest BCUT2D eigenvalue weighted by Gasteiger charge is -2.05. The van der Waals surface area contributed by atoms with Crippen LogP contribution in [-0.4, -0.2) is 24.0 Å². The zero-order valence-corrected chi connectivity index (χ0v) is 12.6. The van der Waals surface area contributed by atoms with E-state index in [0.717, 1.165) is 31.6 Å². The van der Waals surface area contributed by atoms with Crippen molar-refractivity contribution in [3.8, 4) is 0 Å². The third kappa shape index (κ3) is 8.51. The maximum Gasteiger partial charge on any atom is 0.188 e. The average molecular weight is 276 g/mol. The SMILES string of the molecule is CCCCCCCCN=C(N)NCCc1ccccn1. The molecule has 0 spiro atoms. The van der Waals surface area contributed by atoms with Crippen molar-refractivity contribution in [1.82, 2.24) is 10.3 Å². The molecule has 0 radical (unpaired) electrons. The van der Waals surface area contributed by atoms with Gasteiger partial charge in [-0.1, -0.05) is 45.1 Å². The molecular weight excluding hydrogens is 248 g/mol. The van der Waals surface area contributed by atoms with E-state index < -0.39 is 0 Å². The van der Waals surface area contributed by atoms with Crippen LogP contribution in [0.2, 0.25) is 0 Å². The quantitative estimate of drug-likeness (QED) is 0.392. The number of aliphatic imine (C=N–C) groups is 1. The monoisotopic (exact) mass is 276 g/mol. The van der Waals surface area contributed by atoms with Crippen LogP contribution in [0, 0.1) is 0 Å². The largest absolute Gasteiger partial charge is 0.370 e. The lowest BCUT2D eigenvalue weighted by atomic mass is 10.1. The first kappa shape index (κ1) is 16.5. The molecule has 0 saturated carbocycles. The Morgan fingerprint density at radius 1 is 1.20 bits per heavy atom. The van der Waals surface area contributed by atoms with Gasteiger partial charge in [-0.2, -0.15) is 0 Å². The number of hydrogen-bond donors (Lipinski definition) is 2. The second kappa shape index (κ2) is 11.3. The van der Waals surface area contributed by atoms with Crippen LogP contribution in [0.3, 0.4) is 0 Å². The van der Waals surface area contributed by atoms with Gasteiger partial charge in [-0.3, -0.25) is 9.98 Å². The molecule has 1 aromatic heterocycles. The van der Waals surface area contributed by atoms with Gasteiger partial charge in [-0.15, -0.1) is 0 Å². The molecule has 1 rings (SSSR count). The minimum Gasteiger partial charge on any atom is -0.370 e. The Labute approximate surface area is 122 Å². The zero-order chi connectivity index (χ0) is 14.5. The second-order valence-corrected chi connectivity index (χ2v) is 5.03. The van der Waals surface area contributed by atoms with Crippen LogP contribution in [0.15, 0.2) is 29.4 Å². The molecular formula is C16H28N4. The van der Waals surface area contributed by atoms with E-state index in [1.165, 1.54) is 32.1 Å². The Hall–Kier alpha value is -1.58. The lowest BCUT2D eigenvalue weighted by Crippen LogP contribution is -2.33. The molecule has 112 valence electrons. The van der Waals surface area contributed by atoms with E-state index >= 15 is 0 Å². The number of hydrogen-bond acceptors (Lipinski definition) is 2. The second-order valence-electron chi connectivity index (χ2n) is 5.03. The molecule has 0 unspecified atom stereocenters. The smallest absolute Gasteiger partial charge is 0.188 e. The van der Waals surface area contributed by atoms with Crippen molar-refractivity contribution in [3.63, 3.8) is 0 Å². The Morgan fingerprint density at radius 2 is 2.00 bits per heavy atom. The first-order valence-electron chi connectivity index (χ1n) is 7.76. The predicted octanol–water partition coefficient (Wildman–Crippen LogP) is 2.89. The van der Waals surface area contributed by atoms with Gasteiger partial charge in [0.15, 0.2) is 5.96 Å². The number of pyridine rings is 1. The first-order valence-corrected chi connectivity index (χ1v) is 7.76. The molecule has 20 heavy (non-hydrogen) atoms. The van der Waals surface area contributed by atoms with Gasteiger partial charge in [0.05, 0.1) is 0 Å². The van der Waals surface area contributed by atoms with E-state index in [1.54, 1.807) is 0 Å². The fourth-order valence-electron chi connectivity index (χ4n) is 2.01. The number of rotatable bonds is 10. The standard InChI is InChI=1S/C16H28N4/c1-2-3-4-5-6-8-13-19-16(17)20-14-11-15-10-7-9-12-18-15/h7,9-10,12H,2-6,8,11,13-14H2,1H3,(H3,17,19,20). The molecule has 3 N–H and O–H groups in total. The summed E-state index contributed by atoms with van der Waals surface area (Å²) in [5.74, 6) is 0.550. The minimum absolute atomic E-state index is 0.550. The number of guanidine groups is 1. The van der Waals surface area contributed by atoms with Crippen LogP contribution in [0.4, 0.5) is 0 Å². The molecule has 1 aromatic rings. The first-order chi connectivity index (χ1) is 9.83. The summed E-state index contributed by atoms with van der Waals surface area (Å²) in [5, 5.41) is 3.13. The molecule has 0 atom stereocenters. The topological polar surface area (TPSA) is 63.3 Å². The van der Waals surface area contributed by atoms with Gasteiger partial charge in [0.1, 0.15) is 0 Å². The maximum atomic E-state index is 5.82. The van der Waals surface area contributed by atoms with Crippen molar-refractivity contribution in [2.24, 2.45) is 10.7 Å². The summed E-state index contributed by atoms with van der Waals surface area (Å²) in [6.07, 6.45) is 10.4. The van der Waals surface area contributed by atoms with E-state index in [4.69, 9.17) is 5.73 Å². The fraction of sp³-hybridized carbons (Fsp3) is 0.625. The summed E-state index contributed by atoms with van der Waals surface area (Å²) >= 11 is 0. The van der Waals surface area contributed by atoms with Gasteiger partial charge in [0.25, 0.3) is 0 Å². The highest BCUT2D eigenvalue weighted by Gasteiger charge is 1.95. The van der Waals surface area contributed by atoms with Gasteiger partial charge in [-0.25, -0.2) is 0 Å². The highest BCUT2D eigenvalue weighted by molar-refractivity contribution is 5.77. The molecule has 0 aliphatic heterocycles. The van der Waals surface area contributed by atoms with Gasteiger partial charge in [0, 0.05) is 31.4 Å². The van der Waals surface area contributed by atoms with Crippen molar-refractivity contribution < 1.29 is 0 Å². The third-order valence-corrected chi connectivity index (χ3v) is 3.21. The number of aromatic nitrogens is 1. The molecule has 0 saturated heterocycles. The number of unbranched alkanes of at least 4 members (excludes halogenated alkanes) is 5. The average Bonchev–Trinajstić information content (AvgIpc) is 2.47. The Kier molecular flexibility index (Phi) is 9.28. The molecule has 1 heterocycles. The minimum atomic E-state index is 0.550. The Balaban J connectivity index is 2.01. The van der Waals surface area contributed by atoms with Crippen LogP contribution >= 0.6 is 0 Å². The Bertz CT molecular complexity index is 362. The number of nitrogens with two attached hydrogens (primary N) is 1. The van der Waals surface area contributed by atoms with Gasteiger partial charge < -0.3 is 11.1 Å². The van der Waals surface area contributed by atoms with Crippen molar-refractivity contribution in [3.05, 3.63) is 30.1 Å². The number of nitrogens with zero attached hydrogens (tertiary/aromatic N) is 2. The summed E-state index contributed by atoms with van der Waals surface area (Å²) in [6, 6.07) is 5.94. The fourth-order valence-corrected chi connectivity index (χ4v) is 2.01. The van der Waals surface area contributed by atoms with Crippen LogP contribution in [0.1, 0.15) is 51.1 Å². The van der Waals surface area contributed by atoms with E-state index in [9.17, 15) is 0 Å². The maximum absolute atomic E-state index is 5.82. The highest BCUT2D eigenvalue weighted by atomic mass is 15.1. The van der Waals surface area contributed by atoms with Gasteiger partial charge in [-0.05, 0) is 18.6 Å². The summed E-state index contributed by atoms with van der Waals surface area (Å²) in [7, 11) is 0. The van der Waals surface area contributed by atoms with E-state index in [1.807, 2.05) is 24.4 Å². The van der Waals surface area contributed by atoms with Crippen LogP contribution in [-0.2, 0) is 6.42 Å². The van der Waals surface area contributed by atoms with Crippen molar-refractivity contribution >= 4 is 5.96 Å². The van der Waals surface area contributed by atoms with Crippen LogP contribution < -0.4 is 11.1 Å². The molecule has 0 aromatic carbocycles. The predicted molar refractivity (Wildman–Crippen MR) is 85.8 cm³/mol. The lowest BCUT2D eigenvalue weighted by molar-refractivity contribution is 0.611. The molecule has 0 aliphatic rings. The summed E-state index contributed by atoms with van der Waals surface area (Å²) in [6.45, 7) is 3.85. The van der Waals surface area contributed by atoms with E-state index in [-0.39, 0.29) is 0 Å². The van der Waals surface area contributed by atoms with E-state index in [0.29, 0.717) is 5.96 Å². The molecule has 4 heteroatoms.